The monoisotopic (exact) mass is 670 g/mol. The SMILES string of the molecule is Oc1ccc(C(F)(F)F)cc1.Oc1ccc(C(F)(F)F)cc1.[Zr+2].c1ccc2[cH-]c(CCc3cc4ccccc4[cH-]3)cc2c1. The first-order valence-corrected chi connectivity index (χ1v) is 12.9. The van der Waals surface area contributed by atoms with Crippen LogP contribution in [0.3, 0.4) is 0 Å². The van der Waals surface area contributed by atoms with E-state index >= 15 is 0 Å². The summed E-state index contributed by atoms with van der Waals surface area (Å²) < 4.78 is 71.0. The van der Waals surface area contributed by atoms with Crippen molar-refractivity contribution in [3.8, 4) is 11.5 Å². The van der Waals surface area contributed by atoms with Crippen LogP contribution in [0.25, 0.3) is 21.5 Å². The Morgan fingerprint density at radius 2 is 0.814 bits per heavy atom. The summed E-state index contributed by atoms with van der Waals surface area (Å²) in [6.45, 7) is 0. The van der Waals surface area contributed by atoms with E-state index < -0.39 is 23.5 Å². The van der Waals surface area contributed by atoms with Crippen molar-refractivity contribution in [3.63, 3.8) is 0 Å². The Bertz CT molecular complexity index is 1520. The number of fused-ring (bicyclic) bond motifs is 2. The van der Waals surface area contributed by atoms with E-state index in [1.165, 1.54) is 32.7 Å². The predicted molar refractivity (Wildman–Crippen MR) is 153 cm³/mol. The Labute approximate surface area is 263 Å². The van der Waals surface area contributed by atoms with E-state index in [1.807, 2.05) is 0 Å². The molecule has 6 aromatic rings. The maximum absolute atomic E-state index is 11.8. The molecule has 0 saturated heterocycles. The summed E-state index contributed by atoms with van der Waals surface area (Å²) in [5, 5.41) is 22.7. The molecule has 2 nitrogen and oxygen atoms in total. The molecule has 0 aliphatic heterocycles. The number of aryl methyl sites for hydroxylation is 2. The van der Waals surface area contributed by atoms with E-state index in [0.29, 0.717) is 0 Å². The van der Waals surface area contributed by atoms with Crippen molar-refractivity contribution in [1.82, 2.24) is 0 Å². The Kier molecular flexibility index (Phi) is 11.4. The number of hydrogen-bond acceptors (Lipinski definition) is 2. The third-order valence-corrected chi connectivity index (χ3v) is 6.45. The zero-order valence-electron chi connectivity index (χ0n) is 22.6. The Morgan fingerprint density at radius 1 is 0.488 bits per heavy atom. The largest absolute Gasteiger partial charge is 2.00 e. The molecule has 2 N–H and O–H groups in total. The molecule has 0 aliphatic rings. The summed E-state index contributed by atoms with van der Waals surface area (Å²) in [7, 11) is 0. The van der Waals surface area contributed by atoms with Gasteiger partial charge in [0.25, 0.3) is 0 Å². The second-order valence-corrected chi connectivity index (χ2v) is 9.57. The zero-order chi connectivity index (χ0) is 30.3. The van der Waals surface area contributed by atoms with Crippen molar-refractivity contribution in [2.24, 2.45) is 0 Å². The average molecular weight is 672 g/mol. The molecule has 43 heavy (non-hydrogen) atoms. The molecule has 220 valence electrons. The van der Waals surface area contributed by atoms with Crippen LogP contribution in [0.2, 0.25) is 0 Å². The van der Waals surface area contributed by atoms with Gasteiger partial charge >= 0.3 is 38.6 Å². The van der Waals surface area contributed by atoms with Gasteiger partial charge in [0.05, 0.1) is 11.1 Å². The van der Waals surface area contributed by atoms with Crippen LogP contribution in [0.5, 0.6) is 11.5 Å². The molecule has 0 radical (unpaired) electrons. The van der Waals surface area contributed by atoms with E-state index in [2.05, 4.69) is 72.8 Å². The van der Waals surface area contributed by atoms with Crippen LogP contribution < -0.4 is 0 Å². The molecule has 9 heteroatoms. The minimum atomic E-state index is -4.33. The van der Waals surface area contributed by atoms with Gasteiger partial charge in [-0.25, -0.2) is 0 Å². The quantitative estimate of drug-likeness (QED) is 0.145. The minimum absolute atomic E-state index is 0. The Hall–Kier alpha value is -3.84. The summed E-state index contributed by atoms with van der Waals surface area (Å²) in [6.07, 6.45) is -6.42. The van der Waals surface area contributed by atoms with E-state index in [4.69, 9.17) is 10.2 Å². The van der Waals surface area contributed by atoms with Gasteiger partial charge in [-0.3, -0.25) is 0 Å². The van der Waals surface area contributed by atoms with Crippen molar-refractivity contribution in [2.75, 3.05) is 0 Å². The molecule has 0 bridgehead atoms. The summed E-state index contributed by atoms with van der Waals surface area (Å²) >= 11 is 0. The molecule has 6 rings (SSSR count). The van der Waals surface area contributed by atoms with E-state index in [9.17, 15) is 26.3 Å². The van der Waals surface area contributed by atoms with Crippen LogP contribution in [0.1, 0.15) is 22.3 Å². The van der Waals surface area contributed by atoms with Gasteiger partial charge in [-0.15, -0.1) is 81.2 Å². The fraction of sp³-hybridized carbons (Fsp3) is 0.118. The minimum Gasteiger partial charge on any atom is -0.508 e. The van der Waals surface area contributed by atoms with Gasteiger partial charge in [-0.1, -0.05) is 12.1 Å². The number of benzene rings is 4. The predicted octanol–water partition coefficient (Wildman–Crippen LogP) is 10.0. The van der Waals surface area contributed by atoms with Gasteiger partial charge in [0.1, 0.15) is 11.5 Å². The molecular weight excluding hydrogens is 646 g/mol. The van der Waals surface area contributed by atoms with Gasteiger partial charge in [-0.05, 0) is 61.4 Å². The molecule has 6 aromatic carbocycles. The molecule has 0 unspecified atom stereocenters. The number of phenolic OH excluding ortho intramolecular Hbond substituents is 2. The first-order chi connectivity index (χ1) is 19.9. The second-order valence-electron chi connectivity index (χ2n) is 9.57. The summed E-state index contributed by atoms with van der Waals surface area (Å²) in [5.41, 5.74) is 1.37. The van der Waals surface area contributed by atoms with Crippen LogP contribution in [0.15, 0.2) is 121 Å². The van der Waals surface area contributed by atoms with Gasteiger partial charge in [0.15, 0.2) is 0 Å². The van der Waals surface area contributed by atoms with Crippen molar-refractivity contribution >= 4 is 21.5 Å². The average Bonchev–Trinajstić information content (AvgIpc) is 3.56. The fourth-order valence-electron chi connectivity index (χ4n) is 4.31. The topological polar surface area (TPSA) is 40.5 Å². The Morgan fingerprint density at radius 3 is 1.12 bits per heavy atom. The molecule has 0 atom stereocenters. The van der Waals surface area contributed by atoms with Crippen molar-refractivity contribution in [1.29, 1.82) is 0 Å². The van der Waals surface area contributed by atoms with E-state index in [-0.39, 0.29) is 37.7 Å². The van der Waals surface area contributed by atoms with Crippen LogP contribution in [-0.2, 0) is 51.4 Å². The van der Waals surface area contributed by atoms with Gasteiger partial charge in [0.2, 0.25) is 0 Å². The summed E-state index contributed by atoms with van der Waals surface area (Å²) in [4.78, 5) is 0. The third-order valence-electron chi connectivity index (χ3n) is 6.45. The number of rotatable bonds is 3. The first kappa shape index (κ1) is 33.7. The van der Waals surface area contributed by atoms with E-state index in [0.717, 1.165) is 61.4 Å². The second kappa shape index (κ2) is 14.6. The molecule has 0 aromatic heterocycles. The number of phenols is 2. The molecule has 0 fully saturated rings. The number of aromatic hydroxyl groups is 2. The number of halogens is 6. The van der Waals surface area contributed by atoms with Gasteiger partial charge in [0, 0.05) is 0 Å². The first-order valence-electron chi connectivity index (χ1n) is 12.9. The summed E-state index contributed by atoms with van der Waals surface area (Å²) in [5.74, 6) is -0.337. The molecule has 0 amide bonds. The normalized spacial score (nSPS) is 11.2. The Balaban J connectivity index is 0.000000190. The van der Waals surface area contributed by atoms with Crippen LogP contribution in [-0.4, -0.2) is 10.2 Å². The summed E-state index contributed by atoms with van der Waals surface area (Å²) in [6, 6.07) is 33.8. The van der Waals surface area contributed by atoms with Gasteiger partial charge in [-0.2, -0.15) is 38.5 Å². The van der Waals surface area contributed by atoms with Crippen molar-refractivity contribution in [3.05, 3.63) is 144 Å². The van der Waals surface area contributed by atoms with E-state index in [1.54, 1.807) is 0 Å². The number of hydrogen-bond donors (Lipinski definition) is 2. The number of alkyl halides is 6. The van der Waals surface area contributed by atoms with Gasteiger partial charge < -0.3 is 10.2 Å². The molecule has 0 saturated carbocycles. The van der Waals surface area contributed by atoms with Crippen LogP contribution >= 0.6 is 0 Å². The molecule has 0 spiro atoms. The smallest absolute Gasteiger partial charge is 0.508 e. The fourth-order valence-corrected chi connectivity index (χ4v) is 4.31. The third kappa shape index (κ3) is 9.86. The molecular formula is C34H26F6O2Zr. The van der Waals surface area contributed by atoms with Crippen LogP contribution in [0, 0.1) is 0 Å². The van der Waals surface area contributed by atoms with Crippen LogP contribution in [0.4, 0.5) is 26.3 Å². The standard InChI is InChI=1S/C20H16.2C7H5F3O.Zr/c1-2-6-18-12-15(11-17(18)5-1)9-10-16-13-19-7-3-4-8-20(19)14-16;2*8-7(9,10)5-1-3-6(11)4-2-5;/h1-8,11-14H,9-10H2;2*1-4,11H;/q-2;;;+2. The zero-order valence-corrected chi connectivity index (χ0v) is 25.1. The maximum Gasteiger partial charge on any atom is 2.00 e. The van der Waals surface area contributed by atoms with Crippen molar-refractivity contribution < 1.29 is 62.8 Å². The molecule has 0 heterocycles. The van der Waals surface area contributed by atoms with Crippen molar-refractivity contribution in [2.45, 2.75) is 25.2 Å². The molecule has 0 aliphatic carbocycles. The maximum atomic E-state index is 11.8.